The molecule has 0 heterocycles. The molecule has 0 spiro atoms. The highest BCUT2D eigenvalue weighted by atomic mass is 16.5. The van der Waals surface area contributed by atoms with Crippen molar-refractivity contribution < 1.29 is 9.53 Å². The van der Waals surface area contributed by atoms with Gasteiger partial charge in [-0.1, -0.05) is 49.4 Å². The molecule has 0 aliphatic rings. The predicted octanol–water partition coefficient (Wildman–Crippen LogP) is 3.14. The summed E-state index contributed by atoms with van der Waals surface area (Å²) >= 11 is 0. The number of aryl methyl sites for hydroxylation is 1. The normalized spacial score (nSPS) is 14.5. The van der Waals surface area contributed by atoms with Gasteiger partial charge in [-0.2, -0.15) is 0 Å². The van der Waals surface area contributed by atoms with Crippen LogP contribution >= 0.6 is 0 Å². The number of hydrogen-bond donors (Lipinski definition) is 2. The summed E-state index contributed by atoms with van der Waals surface area (Å²) in [4.78, 5) is 12.5. The Bertz CT molecular complexity index is 668. The van der Waals surface area contributed by atoms with Gasteiger partial charge in [-0.3, -0.25) is 4.79 Å². The molecule has 2 unspecified atom stereocenters. The van der Waals surface area contributed by atoms with Crippen molar-refractivity contribution in [1.82, 2.24) is 5.32 Å². The number of carbonyl (C=O) groups excluding carboxylic acids is 1. The van der Waals surface area contributed by atoms with Crippen molar-refractivity contribution in [2.24, 2.45) is 5.73 Å². The van der Waals surface area contributed by atoms with Crippen LogP contribution in [0.25, 0.3) is 0 Å². The zero-order valence-corrected chi connectivity index (χ0v) is 14.6. The van der Waals surface area contributed by atoms with Gasteiger partial charge < -0.3 is 15.8 Å². The molecule has 128 valence electrons. The monoisotopic (exact) mass is 326 g/mol. The molecule has 1 amide bonds. The second-order valence-corrected chi connectivity index (χ2v) is 6.24. The van der Waals surface area contributed by atoms with Crippen LogP contribution in [0.4, 0.5) is 0 Å². The van der Waals surface area contributed by atoms with Crippen LogP contribution in [0.2, 0.25) is 0 Å². The molecule has 4 heteroatoms. The van der Waals surface area contributed by atoms with E-state index in [0.717, 1.165) is 23.3 Å². The molecule has 0 bridgehead atoms. The van der Waals surface area contributed by atoms with Gasteiger partial charge in [0.15, 0.2) is 0 Å². The quantitative estimate of drug-likeness (QED) is 0.821. The van der Waals surface area contributed by atoms with Crippen molar-refractivity contribution in [1.29, 1.82) is 0 Å². The van der Waals surface area contributed by atoms with Crippen LogP contribution in [0.15, 0.2) is 54.6 Å². The number of benzene rings is 2. The zero-order valence-electron chi connectivity index (χ0n) is 14.6. The molecule has 0 saturated heterocycles. The van der Waals surface area contributed by atoms with Crippen molar-refractivity contribution in [2.45, 2.75) is 38.8 Å². The minimum atomic E-state index is -1.07. The first-order valence-electron chi connectivity index (χ1n) is 8.29. The number of nitrogens with one attached hydrogen (secondary N) is 1. The van der Waals surface area contributed by atoms with Gasteiger partial charge in [0, 0.05) is 0 Å². The Morgan fingerprint density at radius 1 is 1.21 bits per heavy atom. The molecular weight excluding hydrogens is 300 g/mol. The number of hydrogen-bond acceptors (Lipinski definition) is 3. The first-order chi connectivity index (χ1) is 11.4. The molecule has 2 rings (SSSR count). The number of ether oxygens (including phenoxy) is 1. The van der Waals surface area contributed by atoms with E-state index in [1.54, 1.807) is 6.92 Å². The second kappa shape index (κ2) is 7.97. The van der Waals surface area contributed by atoms with Gasteiger partial charge >= 0.3 is 0 Å². The first kappa shape index (κ1) is 18.0. The van der Waals surface area contributed by atoms with Gasteiger partial charge in [0.25, 0.3) is 0 Å². The topological polar surface area (TPSA) is 64.4 Å². The lowest BCUT2D eigenvalue weighted by molar-refractivity contribution is -0.126. The average Bonchev–Trinajstić information content (AvgIpc) is 2.59. The van der Waals surface area contributed by atoms with E-state index in [9.17, 15) is 4.79 Å². The Morgan fingerprint density at radius 3 is 2.54 bits per heavy atom. The van der Waals surface area contributed by atoms with E-state index < -0.39 is 5.54 Å². The molecule has 0 radical (unpaired) electrons. The Morgan fingerprint density at radius 2 is 1.92 bits per heavy atom. The van der Waals surface area contributed by atoms with E-state index in [1.165, 1.54) is 0 Å². The summed E-state index contributed by atoms with van der Waals surface area (Å²) in [5.74, 6) is 0.606. The van der Waals surface area contributed by atoms with E-state index in [4.69, 9.17) is 10.5 Å². The second-order valence-electron chi connectivity index (χ2n) is 6.24. The summed E-state index contributed by atoms with van der Waals surface area (Å²) in [6.45, 7) is 6.20. The van der Waals surface area contributed by atoms with Crippen molar-refractivity contribution in [2.75, 3.05) is 6.54 Å². The number of carbonyl (C=O) groups is 1. The van der Waals surface area contributed by atoms with Crippen molar-refractivity contribution in [3.05, 3.63) is 65.7 Å². The van der Waals surface area contributed by atoms with E-state index in [0.29, 0.717) is 6.54 Å². The van der Waals surface area contributed by atoms with Gasteiger partial charge in [0.2, 0.25) is 5.91 Å². The molecule has 2 aromatic carbocycles. The van der Waals surface area contributed by atoms with Crippen LogP contribution in [0.5, 0.6) is 5.75 Å². The van der Waals surface area contributed by atoms with Crippen LogP contribution in [0.1, 0.15) is 31.4 Å². The Balaban J connectivity index is 1.96. The molecule has 0 aliphatic heterocycles. The smallest absolute Gasteiger partial charge is 0.244 e. The van der Waals surface area contributed by atoms with E-state index in [1.807, 2.05) is 68.4 Å². The van der Waals surface area contributed by atoms with Crippen LogP contribution < -0.4 is 15.8 Å². The molecule has 4 nitrogen and oxygen atoms in total. The highest BCUT2D eigenvalue weighted by molar-refractivity contribution is 5.87. The van der Waals surface area contributed by atoms with Gasteiger partial charge in [-0.05, 0) is 43.5 Å². The largest absolute Gasteiger partial charge is 0.489 e. The van der Waals surface area contributed by atoms with Crippen LogP contribution in [0.3, 0.4) is 0 Å². The highest BCUT2D eigenvalue weighted by Crippen LogP contribution is 2.18. The molecule has 24 heavy (non-hydrogen) atoms. The summed E-state index contributed by atoms with van der Waals surface area (Å²) in [7, 11) is 0. The van der Waals surface area contributed by atoms with Crippen molar-refractivity contribution in [3.63, 3.8) is 0 Å². The lowest BCUT2D eigenvalue weighted by atomic mass is 9.92. The lowest BCUT2D eigenvalue weighted by Gasteiger charge is -2.26. The molecule has 0 saturated carbocycles. The van der Waals surface area contributed by atoms with Gasteiger partial charge in [0.1, 0.15) is 17.4 Å². The highest BCUT2D eigenvalue weighted by Gasteiger charge is 2.30. The fourth-order valence-corrected chi connectivity index (χ4v) is 2.46. The Labute approximate surface area is 144 Å². The Kier molecular flexibility index (Phi) is 5.99. The summed E-state index contributed by atoms with van der Waals surface area (Å²) in [5.41, 5.74) is 7.09. The van der Waals surface area contributed by atoms with Gasteiger partial charge in [-0.15, -0.1) is 0 Å². The fourth-order valence-electron chi connectivity index (χ4n) is 2.46. The fraction of sp³-hybridized carbons (Fsp3) is 0.350. The predicted molar refractivity (Wildman–Crippen MR) is 96.9 cm³/mol. The lowest BCUT2D eigenvalue weighted by Crippen LogP contribution is -2.51. The number of rotatable bonds is 7. The summed E-state index contributed by atoms with van der Waals surface area (Å²) in [5, 5.41) is 2.92. The summed E-state index contributed by atoms with van der Waals surface area (Å²) in [6, 6.07) is 17.3. The van der Waals surface area contributed by atoms with Gasteiger partial charge in [0.05, 0.1) is 6.54 Å². The van der Waals surface area contributed by atoms with Crippen molar-refractivity contribution in [3.8, 4) is 5.75 Å². The van der Waals surface area contributed by atoms with Crippen LogP contribution in [-0.2, 0) is 10.3 Å². The third-order valence-corrected chi connectivity index (χ3v) is 4.08. The van der Waals surface area contributed by atoms with Crippen LogP contribution in [-0.4, -0.2) is 18.6 Å². The third-order valence-electron chi connectivity index (χ3n) is 4.08. The summed E-state index contributed by atoms with van der Waals surface area (Å²) in [6.07, 6.45) is 0.697. The SMILES string of the molecule is CCC(CNC(=O)C(C)(N)c1ccccc1)Oc1cccc(C)c1. The molecule has 2 atom stereocenters. The van der Waals surface area contributed by atoms with Crippen LogP contribution in [0, 0.1) is 6.92 Å². The maximum Gasteiger partial charge on any atom is 0.244 e. The first-order valence-corrected chi connectivity index (χ1v) is 8.29. The van der Waals surface area contributed by atoms with Crippen molar-refractivity contribution >= 4 is 5.91 Å². The molecular formula is C20H26N2O2. The van der Waals surface area contributed by atoms with E-state index in [2.05, 4.69) is 5.32 Å². The average molecular weight is 326 g/mol. The molecule has 0 aliphatic carbocycles. The minimum Gasteiger partial charge on any atom is -0.489 e. The minimum absolute atomic E-state index is 0.0951. The Hall–Kier alpha value is -2.33. The zero-order chi connectivity index (χ0) is 17.6. The van der Waals surface area contributed by atoms with E-state index in [-0.39, 0.29) is 12.0 Å². The standard InChI is InChI=1S/C20H26N2O2/c1-4-17(24-18-12-8-9-15(2)13-18)14-22-19(23)20(3,21)16-10-6-5-7-11-16/h5-13,17H,4,14,21H2,1-3H3,(H,22,23). The number of amides is 1. The van der Waals surface area contributed by atoms with E-state index >= 15 is 0 Å². The molecule has 3 N–H and O–H groups in total. The molecule has 0 fully saturated rings. The third kappa shape index (κ3) is 4.59. The maximum absolute atomic E-state index is 12.5. The summed E-state index contributed by atoms with van der Waals surface area (Å²) < 4.78 is 5.96. The molecule has 0 aromatic heterocycles. The molecule has 2 aromatic rings. The van der Waals surface area contributed by atoms with Gasteiger partial charge in [-0.25, -0.2) is 0 Å². The maximum atomic E-state index is 12.5. The number of nitrogens with two attached hydrogens (primary N) is 1.